The van der Waals surface area contributed by atoms with Crippen LogP contribution >= 0.6 is 0 Å². The van der Waals surface area contributed by atoms with E-state index < -0.39 is 0 Å². The molecular formula is C15H17NO3. The fourth-order valence-corrected chi connectivity index (χ4v) is 3.64. The molecule has 4 nitrogen and oxygen atoms in total. The fraction of sp³-hybridized carbons (Fsp3) is 0.533. The summed E-state index contributed by atoms with van der Waals surface area (Å²) in [5.41, 5.74) is 1.06. The van der Waals surface area contributed by atoms with Crippen LogP contribution in [0.15, 0.2) is 30.3 Å². The topological polar surface area (TPSA) is 38.8 Å². The Hall–Kier alpha value is -1.23. The molecule has 3 fully saturated rings. The highest BCUT2D eigenvalue weighted by Crippen LogP contribution is 2.45. The number of Topliss-reactive ketones (excluding diaryl/α,β-unsaturated/α-hetero) is 1. The van der Waals surface area contributed by atoms with Crippen LogP contribution in [0.2, 0.25) is 0 Å². The zero-order valence-electron chi connectivity index (χ0n) is 10.9. The zero-order valence-corrected chi connectivity index (χ0v) is 10.9. The summed E-state index contributed by atoms with van der Waals surface area (Å²) in [6, 6.07) is 10.4. The molecule has 0 aliphatic carbocycles. The first-order valence-corrected chi connectivity index (χ1v) is 6.83. The van der Waals surface area contributed by atoms with Crippen LogP contribution in [0.1, 0.15) is 24.7 Å². The minimum absolute atomic E-state index is 0.0339. The van der Waals surface area contributed by atoms with E-state index in [1.165, 1.54) is 0 Å². The van der Waals surface area contributed by atoms with Gasteiger partial charge in [-0.25, -0.2) is 0 Å². The first kappa shape index (κ1) is 11.6. The Labute approximate surface area is 112 Å². The van der Waals surface area contributed by atoms with E-state index in [1.54, 1.807) is 0 Å². The molecule has 4 atom stereocenters. The molecule has 0 spiro atoms. The van der Waals surface area contributed by atoms with E-state index in [-0.39, 0.29) is 30.6 Å². The number of rotatable bonds is 1. The van der Waals surface area contributed by atoms with Crippen molar-refractivity contribution < 1.29 is 14.3 Å². The lowest BCUT2D eigenvalue weighted by atomic mass is 10.0. The van der Waals surface area contributed by atoms with Gasteiger partial charge < -0.3 is 9.47 Å². The van der Waals surface area contributed by atoms with Gasteiger partial charge in [0.05, 0.1) is 0 Å². The van der Waals surface area contributed by atoms with Crippen LogP contribution in [0, 0.1) is 0 Å². The van der Waals surface area contributed by atoms with Crippen LogP contribution < -0.4 is 0 Å². The van der Waals surface area contributed by atoms with Crippen molar-refractivity contribution in [2.45, 2.75) is 43.4 Å². The standard InChI is InChI=1S/C15H17NO3/c1-16-11-7-10(17)8-12(16)14-13(11)18-15(19-14)9-5-3-2-4-6-9/h2-6,11-15H,7-8H2,1H3/t11-,12-,13+,14+/m0/s1. The second-order valence-corrected chi connectivity index (χ2v) is 5.69. The van der Waals surface area contributed by atoms with Gasteiger partial charge in [0, 0.05) is 30.5 Å². The lowest BCUT2D eigenvalue weighted by Crippen LogP contribution is -2.44. The van der Waals surface area contributed by atoms with E-state index in [9.17, 15) is 4.79 Å². The number of hydrogen-bond acceptors (Lipinski definition) is 4. The van der Waals surface area contributed by atoms with Crippen LogP contribution in [-0.2, 0) is 14.3 Å². The minimum atomic E-state index is -0.275. The normalized spacial score (nSPS) is 38.7. The van der Waals surface area contributed by atoms with Gasteiger partial charge in [-0.05, 0) is 7.05 Å². The molecule has 3 heterocycles. The summed E-state index contributed by atoms with van der Waals surface area (Å²) in [6.45, 7) is 0. The van der Waals surface area contributed by atoms with E-state index in [1.807, 2.05) is 30.3 Å². The van der Waals surface area contributed by atoms with Gasteiger partial charge in [0.1, 0.15) is 18.0 Å². The average Bonchev–Trinajstić information content (AvgIpc) is 2.91. The Balaban J connectivity index is 1.60. The molecule has 0 amide bonds. The number of ether oxygens (including phenoxy) is 2. The summed E-state index contributed by atoms with van der Waals surface area (Å²) in [6.07, 6.45) is 0.986. The Bertz CT molecular complexity index is 479. The van der Waals surface area contributed by atoms with Crippen LogP contribution in [0.3, 0.4) is 0 Å². The van der Waals surface area contributed by atoms with Crippen molar-refractivity contribution in [1.29, 1.82) is 0 Å². The summed E-state index contributed by atoms with van der Waals surface area (Å²) in [5, 5.41) is 0. The molecule has 4 heteroatoms. The molecule has 19 heavy (non-hydrogen) atoms. The number of benzene rings is 1. The number of likely N-dealkylation sites (N-methyl/N-ethyl adjacent to an activating group) is 1. The van der Waals surface area contributed by atoms with Crippen LogP contribution in [0.4, 0.5) is 0 Å². The second-order valence-electron chi connectivity index (χ2n) is 5.69. The molecule has 1 aromatic carbocycles. The maximum atomic E-state index is 11.7. The fourth-order valence-electron chi connectivity index (χ4n) is 3.64. The smallest absolute Gasteiger partial charge is 0.184 e. The maximum absolute atomic E-state index is 11.7. The molecule has 100 valence electrons. The summed E-state index contributed by atoms with van der Waals surface area (Å²) < 4.78 is 12.2. The average molecular weight is 259 g/mol. The predicted octanol–water partition coefficient (Wildman–Crippen LogP) is 1.51. The van der Waals surface area contributed by atoms with E-state index >= 15 is 0 Å². The quantitative estimate of drug-likeness (QED) is 0.766. The van der Waals surface area contributed by atoms with E-state index in [0.717, 1.165) is 5.56 Å². The summed E-state index contributed by atoms with van der Waals surface area (Å²) in [4.78, 5) is 14.0. The zero-order chi connectivity index (χ0) is 13.0. The van der Waals surface area contributed by atoms with Crippen LogP contribution in [-0.4, -0.2) is 42.0 Å². The van der Waals surface area contributed by atoms with E-state index in [0.29, 0.717) is 18.6 Å². The molecule has 3 aliphatic rings. The maximum Gasteiger partial charge on any atom is 0.184 e. The molecule has 0 saturated carbocycles. The molecule has 2 bridgehead atoms. The number of carbonyl (C=O) groups excluding carboxylic acids is 1. The highest BCUT2D eigenvalue weighted by Gasteiger charge is 2.57. The van der Waals surface area contributed by atoms with Crippen molar-refractivity contribution in [2.24, 2.45) is 0 Å². The van der Waals surface area contributed by atoms with Gasteiger partial charge in [0.15, 0.2) is 6.29 Å². The van der Waals surface area contributed by atoms with Gasteiger partial charge >= 0.3 is 0 Å². The third kappa shape index (κ3) is 1.67. The molecule has 0 radical (unpaired) electrons. The molecular weight excluding hydrogens is 242 g/mol. The van der Waals surface area contributed by atoms with Crippen molar-refractivity contribution in [1.82, 2.24) is 4.90 Å². The molecule has 0 N–H and O–H groups in total. The third-order valence-electron chi connectivity index (χ3n) is 4.64. The molecule has 0 aromatic heterocycles. The van der Waals surface area contributed by atoms with Crippen molar-refractivity contribution in [3.8, 4) is 0 Å². The summed E-state index contributed by atoms with van der Waals surface area (Å²) >= 11 is 0. The predicted molar refractivity (Wildman–Crippen MR) is 68.5 cm³/mol. The number of carbonyl (C=O) groups is 1. The number of fused-ring (bicyclic) bond motifs is 5. The molecule has 0 unspecified atom stereocenters. The summed E-state index contributed by atoms with van der Waals surface area (Å²) in [7, 11) is 2.07. The monoisotopic (exact) mass is 259 g/mol. The van der Waals surface area contributed by atoms with Gasteiger partial charge in [-0.15, -0.1) is 0 Å². The van der Waals surface area contributed by atoms with Gasteiger partial charge in [-0.2, -0.15) is 0 Å². The second kappa shape index (κ2) is 4.13. The Morgan fingerprint density at radius 1 is 1.05 bits per heavy atom. The molecule has 1 aromatic rings. The van der Waals surface area contributed by atoms with Gasteiger partial charge in [-0.3, -0.25) is 9.69 Å². The highest BCUT2D eigenvalue weighted by atomic mass is 16.7. The van der Waals surface area contributed by atoms with Gasteiger partial charge in [-0.1, -0.05) is 30.3 Å². The number of nitrogens with zero attached hydrogens (tertiary/aromatic N) is 1. The Morgan fingerprint density at radius 3 is 2.21 bits per heavy atom. The first-order valence-electron chi connectivity index (χ1n) is 6.83. The van der Waals surface area contributed by atoms with E-state index in [4.69, 9.17) is 9.47 Å². The lowest BCUT2D eigenvalue weighted by Gasteiger charge is -2.32. The van der Waals surface area contributed by atoms with Crippen molar-refractivity contribution in [2.75, 3.05) is 7.05 Å². The lowest BCUT2D eigenvalue weighted by molar-refractivity contribution is -0.133. The Morgan fingerprint density at radius 2 is 1.63 bits per heavy atom. The first-order chi connectivity index (χ1) is 9.24. The van der Waals surface area contributed by atoms with Crippen molar-refractivity contribution in [3.63, 3.8) is 0 Å². The Kier molecular flexibility index (Phi) is 2.52. The highest BCUT2D eigenvalue weighted by molar-refractivity contribution is 5.81. The molecule has 3 saturated heterocycles. The molecule has 4 rings (SSSR count). The van der Waals surface area contributed by atoms with Crippen LogP contribution in [0.25, 0.3) is 0 Å². The molecule has 3 aliphatic heterocycles. The SMILES string of the molecule is CN1[C@H]2CC(=O)C[C@H]1[C@H]1OC(c3ccccc3)O[C@@H]12. The third-order valence-corrected chi connectivity index (χ3v) is 4.64. The number of piperidine rings is 1. The number of hydrogen-bond donors (Lipinski definition) is 0. The van der Waals surface area contributed by atoms with Crippen molar-refractivity contribution >= 4 is 5.78 Å². The number of ketones is 1. The van der Waals surface area contributed by atoms with Crippen molar-refractivity contribution in [3.05, 3.63) is 35.9 Å². The minimum Gasteiger partial charge on any atom is -0.341 e. The largest absolute Gasteiger partial charge is 0.341 e. The van der Waals surface area contributed by atoms with E-state index in [2.05, 4.69) is 11.9 Å². The van der Waals surface area contributed by atoms with Gasteiger partial charge in [0.25, 0.3) is 0 Å². The summed E-state index contributed by atoms with van der Waals surface area (Å²) in [5.74, 6) is 0.339. The van der Waals surface area contributed by atoms with Crippen LogP contribution in [0.5, 0.6) is 0 Å². The van der Waals surface area contributed by atoms with Gasteiger partial charge in [0.2, 0.25) is 0 Å².